The minimum atomic E-state index is -4.19. The molecule has 0 saturated carbocycles. The molecule has 1 saturated heterocycles. The summed E-state index contributed by atoms with van der Waals surface area (Å²) in [6.45, 7) is 2.43. The highest BCUT2D eigenvalue weighted by molar-refractivity contribution is 9.10. The van der Waals surface area contributed by atoms with Gasteiger partial charge in [-0.3, -0.25) is 4.90 Å². The summed E-state index contributed by atoms with van der Waals surface area (Å²) in [6.07, 6.45) is -3.58. The summed E-state index contributed by atoms with van der Waals surface area (Å²) < 4.78 is 51.9. The molecule has 0 radical (unpaired) electrons. The lowest BCUT2D eigenvalue weighted by Gasteiger charge is -2.19. The van der Waals surface area contributed by atoms with E-state index >= 15 is 0 Å². The second-order valence-corrected chi connectivity index (χ2v) is 6.83. The molecule has 1 atom stereocenters. The Morgan fingerprint density at radius 2 is 2.16 bits per heavy atom. The van der Waals surface area contributed by atoms with Gasteiger partial charge in [-0.25, -0.2) is 9.38 Å². The number of halogens is 5. The largest absolute Gasteiger partial charge is 0.401 e. The van der Waals surface area contributed by atoms with Crippen LogP contribution in [0, 0.1) is 5.82 Å². The Bertz CT molecular complexity index is 606. The summed E-state index contributed by atoms with van der Waals surface area (Å²) in [5.74, 6) is 0.120. The van der Waals surface area contributed by atoms with E-state index in [4.69, 9.17) is 0 Å². The molecule has 25 heavy (non-hydrogen) atoms. The molecule has 1 aliphatic heterocycles. The molecule has 9 heteroatoms. The van der Waals surface area contributed by atoms with Crippen molar-refractivity contribution in [3.63, 3.8) is 0 Å². The summed E-state index contributed by atoms with van der Waals surface area (Å²) in [7, 11) is 0. The molecule has 0 amide bonds. The fourth-order valence-electron chi connectivity index (χ4n) is 2.68. The zero-order valence-corrected chi connectivity index (χ0v) is 15.4. The maximum atomic E-state index is 13.8. The van der Waals surface area contributed by atoms with Crippen molar-refractivity contribution in [1.29, 1.82) is 0 Å². The lowest BCUT2D eigenvalue weighted by atomic mass is 10.2. The zero-order chi connectivity index (χ0) is 18.4. The fourth-order valence-corrected chi connectivity index (χ4v) is 3.01. The Kier molecular flexibility index (Phi) is 7.06. The maximum absolute atomic E-state index is 13.8. The van der Waals surface area contributed by atoms with E-state index in [9.17, 15) is 17.6 Å². The van der Waals surface area contributed by atoms with Crippen LogP contribution in [0.5, 0.6) is 0 Å². The zero-order valence-electron chi connectivity index (χ0n) is 13.8. The van der Waals surface area contributed by atoms with Crippen LogP contribution >= 0.6 is 15.9 Å². The van der Waals surface area contributed by atoms with Crippen molar-refractivity contribution in [2.75, 3.05) is 26.2 Å². The van der Waals surface area contributed by atoms with Gasteiger partial charge >= 0.3 is 6.18 Å². The molecule has 140 valence electrons. The molecule has 4 nitrogen and oxygen atoms in total. The normalized spacial score (nSPS) is 19.3. The van der Waals surface area contributed by atoms with Gasteiger partial charge in [0.25, 0.3) is 0 Å². The van der Waals surface area contributed by atoms with E-state index in [1.807, 2.05) is 6.92 Å². The van der Waals surface area contributed by atoms with Gasteiger partial charge in [0.05, 0.1) is 13.1 Å². The van der Waals surface area contributed by atoms with E-state index in [0.717, 1.165) is 0 Å². The molecule has 0 aromatic heterocycles. The van der Waals surface area contributed by atoms with Crippen molar-refractivity contribution in [2.45, 2.75) is 32.1 Å². The molecule has 1 unspecified atom stereocenters. The number of hydrogen-bond acceptors (Lipinski definition) is 2. The second-order valence-electron chi connectivity index (χ2n) is 5.91. The summed E-state index contributed by atoms with van der Waals surface area (Å²) in [6, 6.07) is 4.64. The Morgan fingerprint density at radius 3 is 2.80 bits per heavy atom. The Morgan fingerprint density at radius 1 is 1.40 bits per heavy atom. The molecule has 2 rings (SSSR count). The Hall–Kier alpha value is -1.35. The lowest BCUT2D eigenvalue weighted by molar-refractivity contribution is -0.143. The van der Waals surface area contributed by atoms with Crippen molar-refractivity contribution >= 4 is 21.9 Å². The van der Waals surface area contributed by atoms with Gasteiger partial charge in [-0.15, -0.1) is 0 Å². The predicted octanol–water partition coefficient (Wildman–Crippen LogP) is 3.28. The number of benzene rings is 1. The molecule has 1 aromatic carbocycles. The smallest absolute Gasteiger partial charge is 0.357 e. The van der Waals surface area contributed by atoms with Crippen LogP contribution in [0.1, 0.15) is 18.9 Å². The number of nitrogens with one attached hydrogen (secondary N) is 2. The van der Waals surface area contributed by atoms with Gasteiger partial charge in [0.1, 0.15) is 5.82 Å². The number of aliphatic imine (C=N–C) groups is 1. The minimum absolute atomic E-state index is 0.116. The van der Waals surface area contributed by atoms with Gasteiger partial charge in [-0.05, 0) is 25.5 Å². The van der Waals surface area contributed by atoms with E-state index < -0.39 is 12.7 Å². The van der Waals surface area contributed by atoms with Gasteiger partial charge < -0.3 is 10.6 Å². The van der Waals surface area contributed by atoms with Crippen LogP contribution in [0.15, 0.2) is 27.7 Å². The van der Waals surface area contributed by atoms with E-state index in [0.29, 0.717) is 42.1 Å². The molecule has 1 aromatic rings. The molecule has 0 aliphatic carbocycles. The van der Waals surface area contributed by atoms with Gasteiger partial charge in [-0.2, -0.15) is 13.2 Å². The standard InChI is InChI=1S/C16H21BrF4N4/c1-2-22-15(23-8-11-3-4-12(17)7-14(11)18)24-13-5-6-25(9-13)10-16(19,20)21/h3-4,7,13H,2,5-6,8-10H2,1H3,(H2,22,23,24). The maximum Gasteiger partial charge on any atom is 0.401 e. The monoisotopic (exact) mass is 424 g/mol. The first kappa shape index (κ1) is 20.0. The summed E-state index contributed by atoms with van der Waals surface area (Å²) in [5.41, 5.74) is 0.450. The molecular formula is C16H21BrF4N4. The van der Waals surface area contributed by atoms with E-state index in [1.165, 1.54) is 11.0 Å². The highest BCUT2D eigenvalue weighted by atomic mass is 79.9. The summed E-state index contributed by atoms with van der Waals surface area (Å²) in [5, 5.41) is 6.17. The van der Waals surface area contributed by atoms with Crippen LogP contribution < -0.4 is 10.6 Å². The summed E-state index contributed by atoms with van der Waals surface area (Å²) >= 11 is 3.20. The highest BCUT2D eigenvalue weighted by Crippen LogP contribution is 2.20. The van der Waals surface area contributed by atoms with E-state index in [2.05, 4.69) is 31.6 Å². The Balaban J connectivity index is 1.94. The van der Waals surface area contributed by atoms with Crippen LogP contribution in [0.4, 0.5) is 17.6 Å². The summed E-state index contributed by atoms with van der Waals surface area (Å²) in [4.78, 5) is 5.71. The van der Waals surface area contributed by atoms with Gasteiger partial charge in [-0.1, -0.05) is 22.0 Å². The number of rotatable bonds is 5. The first-order chi connectivity index (χ1) is 11.8. The first-order valence-electron chi connectivity index (χ1n) is 8.04. The van der Waals surface area contributed by atoms with Gasteiger partial charge in [0.2, 0.25) is 0 Å². The third kappa shape index (κ3) is 6.81. The SMILES string of the molecule is CCNC(=NCc1ccc(Br)cc1F)NC1CCN(CC(F)(F)F)C1. The van der Waals surface area contributed by atoms with Crippen LogP contribution in [0.3, 0.4) is 0 Å². The molecule has 1 fully saturated rings. The van der Waals surface area contributed by atoms with Gasteiger partial charge in [0.15, 0.2) is 5.96 Å². The molecule has 0 spiro atoms. The highest BCUT2D eigenvalue weighted by Gasteiger charge is 2.34. The average Bonchev–Trinajstić information content (AvgIpc) is 2.91. The van der Waals surface area contributed by atoms with Gasteiger partial charge in [0, 0.05) is 35.7 Å². The molecule has 0 bridgehead atoms. The second kappa shape index (κ2) is 8.84. The number of hydrogen-bond donors (Lipinski definition) is 2. The average molecular weight is 425 g/mol. The molecular weight excluding hydrogens is 404 g/mol. The van der Waals surface area contributed by atoms with Crippen molar-refractivity contribution in [3.8, 4) is 0 Å². The number of alkyl halides is 3. The minimum Gasteiger partial charge on any atom is -0.357 e. The number of guanidine groups is 1. The molecule has 1 aliphatic rings. The van der Waals surface area contributed by atoms with Crippen molar-refractivity contribution in [2.24, 2.45) is 4.99 Å². The number of likely N-dealkylation sites (tertiary alicyclic amines) is 1. The van der Waals surface area contributed by atoms with Crippen LogP contribution in [-0.2, 0) is 6.54 Å². The molecule has 1 heterocycles. The molecule has 2 N–H and O–H groups in total. The van der Waals surface area contributed by atoms with Crippen molar-refractivity contribution in [1.82, 2.24) is 15.5 Å². The van der Waals surface area contributed by atoms with E-state index in [-0.39, 0.29) is 18.4 Å². The van der Waals surface area contributed by atoms with Crippen LogP contribution in [0.25, 0.3) is 0 Å². The fraction of sp³-hybridized carbons (Fsp3) is 0.562. The third-order valence-electron chi connectivity index (χ3n) is 3.78. The quantitative estimate of drug-likeness (QED) is 0.432. The number of nitrogens with zero attached hydrogens (tertiary/aromatic N) is 2. The van der Waals surface area contributed by atoms with Crippen LogP contribution in [0.2, 0.25) is 0 Å². The Labute approximate surface area is 152 Å². The topological polar surface area (TPSA) is 39.7 Å². The van der Waals surface area contributed by atoms with Crippen LogP contribution in [-0.4, -0.2) is 49.3 Å². The van der Waals surface area contributed by atoms with E-state index in [1.54, 1.807) is 12.1 Å². The van der Waals surface area contributed by atoms with Crippen molar-refractivity contribution < 1.29 is 17.6 Å². The lowest BCUT2D eigenvalue weighted by Crippen LogP contribution is -2.45. The predicted molar refractivity (Wildman–Crippen MR) is 93.0 cm³/mol. The first-order valence-corrected chi connectivity index (χ1v) is 8.84. The van der Waals surface area contributed by atoms with Crippen molar-refractivity contribution in [3.05, 3.63) is 34.1 Å². The third-order valence-corrected chi connectivity index (χ3v) is 4.28.